The van der Waals surface area contributed by atoms with E-state index in [9.17, 15) is 14.0 Å². The zero-order valence-electron chi connectivity index (χ0n) is 14.6. The molecule has 0 bridgehead atoms. The molecule has 1 unspecified atom stereocenters. The predicted octanol–water partition coefficient (Wildman–Crippen LogP) is 2.68. The summed E-state index contributed by atoms with van der Waals surface area (Å²) in [6.45, 7) is 3.01. The second-order valence-electron chi connectivity index (χ2n) is 6.34. The van der Waals surface area contributed by atoms with Crippen LogP contribution in [0, 0.1) is 18.7 Å². The average Bonchev–Trinajstić information content (AvgIpc) is 3.01. The quantitative estimate of drug-likeness (QED) is 0.810. The van der Waals surface area contributed by atoms with Gasteiger partial charge in [0.25, 0.3) is 0 Å². The molecule has 0 saturated carbocycles. The van der Waals surface area contributed by atoms with Gasteiger partial charge in [0.1, 0.15) is 18.2 Å². The van der Waals surface area contributed by atoms with E-state index in [1.165, 1.54) is 17.0 Å². The summed E-state index contributed by atoms with van der Waals surface area (Å²) < 4.78 is 18.6. The van der Waals surface area contributed by atoms with Crippen molar-refractivity contribution in [2.75, 3.05) is 24.6 Å². The first-order valence-corrected chi connectivity index (χ1v) is 8.56. The van der Waals surface area contributed by atoms with Crippen LogP contribution in [0.25, 0.3) is 0 Å². The molecule has 26 heavy (non-hydrogen) atoms. The Morgan fingerprint density at radius 3 is 2.77 bits per heavy atom. The van der Waals surface area contributed by atoms with E-state index >= 15 is 0 Å². The first-order valence-electron chi connectivity index (χ1n) is 8.56. The molecule has 6 heteroatoms. The molecule has 136 valence electrons. The van der Waals surface area contributed by atoms with Crippen LogP contribution >= 0.6 is 0 Å². The second-order valence-corrected chi connectivity index (χ2v) is 6.34. The van der Waals surface area contributed by atoms with Crippen molar-refractivity contribution < 1.29 is 18.7 Å². The molecule has 2 aromatic carbocycles. The Kier molecular flexibility index (Phi) is 5.51. The fourth-order valence-electron chi connectivity index (χ4n) is 2.95. The summed E-state index contributed by atoms with van der Waals surface area (Å²) in [4.78, 5) is 26.0. The van der Waals surface area contributed by atoms with E-state index in [0.29, 0.717) is 25.4 Å². The molecule has 1 heterocycles. The Morgan fingerprint density at radius 1 is 1.27 bits per heavy atom. The number of hydrogen-bond acceptors (Lipinski definition) is 3. The summed E-state index contributed by atoms with van der Waals surface area (Å²) in [7, 11) is 0. The van der Waals surface area contributed by atoms with E-state index in [1.54, 1.807) is 12.1 Å². The standard InChI is InChI=1S/C20H21FN2O3/c1-14-3-2-4-18(11-14)26-10-9-22-20(25)15-12-19(24)23(13-15)17-7-5-16(21)6-8-17/h2-8,11,15H,9-10,12-13H2,1H3,(H,22,25). The van der Waals surface area contributed by atoms with E-state index in [-0.39, 0.29) is 24.1 Å². The van der Waals surface area contributed by atoms with Gasteiger partial charge in [0.15, 0.2) is 0 Å². The van der Waals surface area contributed by atoms with Crippen LogP contribution in [0.2, 0.25) is 0 Å². The molecule has 0 aliphatic carbocycles. The first kappa shape index (κ1) is 17.9. The lowest BCUT2D eigenvalue weighted by Gasteiger charge is -2.16. The molecule has 0 radical (unpaired) electrons. The zero-order chi connectivity index (χ0) is 18.5. The van der Waals surface area contributed by atoms with Crippen molar-refractivity contribution in [1.82, 2.24) is 5.32 Å². The van der Waals surface area contributed by atoms with Gasteiger partial charge < -0.3 is 15.0 Å². The number of ether oxygens (including phenoxy) is 1. The van der Waals surface area contributed by atoms with Crippen molar-refractivity contribution in [2.45, 2.75) is 13.3 Å². The van der Waals surface area contributed by atoms with Crippen molar-refractivity contribution in [3.05, 3.63) is 59.9 Å². The number of benzene rings is 2. The Bertz CT molecular complexity index is 792. The van der Waals surface area contributed by atoms with Gasteiger partial charge in [0.05, 0.1) is 12.5 Å². The Hall–Kier alpha value is -2.89. The zero-order valence-corrected chi connectivity index (χ0v) is 14.6. The lowest BCUT2D eigenvalue weighted by molar-refractivity contribution is -0.126. The van der Waals surface area contributed by atoms with Crippen LogP contribution < -0.4 is 15.0 Å². The number of carbonyl (C=O) groups excluding carboxylic acids is 2. The minimum atomic E-state index is -0.411. The topological polar surface area (TPSA) is 58.6 Å². The summed E-state index contributed by atoms with van der Waals surface area (Å²) in [5.41, 5.74) is 1.71. The molecule has 3 rings (SSSR count). The van der Waals surface area contributed by atoms with Gasteiger partial charge in [0.2, 0.25) is 11.8 Å². The molecule has 2 aromatic rings. The van der Waals surface area contributed by atoms with Crippen LogP contribution in [0.3, 0.4) is 0 Å². The van der Waals surface area contributed by atoms with Gasteiger partial charge in [-0.05, 0) is 48.9 Å². The van der Waals surface area contributed by atoms with Crippen molar-refractivity contribution in [1.29, 1.82) is 0 Å². The summed E-state index contributed by atoms with van der Waals surface area (Å²) in [6.07, 6.45) is 0.155. The van der Waals surface area contributed by atoms with E-state index in [4.69, 9.17) is 4.74 Å². The SMILES string of the molecule is Cc1cccc(OCCNC(=O)C2CC(=O)N(c3ccc(F)cc3)C2)c1. The van der Waals surface area contributed by atoms with E-state index < -0.39 is 5.92 Å². The van der Waals surface area contributed by atoms with Crippen LogP contribution in [-0.2, 0) is 9.59 Å². The highest BCUT2D eigenvalue weighted by Crippen LogP contribution is 2.25. The smallest absolute Gasteiger partial charge is 0.227 e. The van der Waals surface area contributed by atoms with Gasteiger partial charge in [-0.25, -0.2) is 4.39 Å². The highest BCUT2D eigenvalue weighted by Gasteiger charge is 2.34. The highest BCUT2D eigenvalue weighted by molar-refractivity contribution is 6.00. The molecule has 1 atom stereocenters. The third-order valence-corrected chi connectivity index (χ3v) is 4.29. The summed E-state index contributed by atoms with van der Waals surface area (Å²) in [6, 6.07) is 13.4. The van der Waals surface area contributed by atoms with E-state index in [2.05, 4.69) is 5.32 Å². The van der Waals surface area contributed by atoms with Crippen LogP contribution in [0.5, 0.6) is 5.75 Å². The Labute approximate surface area is 151 Å². The molecule has 0 spiro atoms. The number of carbonyl (C=O) groups is 2. The number of aryl methyl sites for hydroxylation is 1. The monoisotopic (exact) mass is 356 g/mol. The van der Waals surface area contributed by atoms with Crippen LogP contribution in [0.4, 0.5) is 10.1 Å². The van der Waals surface area contributed by atoms with Gasteiger partial charge in [-0.2, -0.15) is 0 Å². The van der Waals surface area contributed by atoms with Crippen molar-refractivity contribution in [2.24, 2.45) is 5.92 Å². The maximum absolute atomic E-state index is 13.0. The predicted molar refractivity (Wildman–Crippen MR) is 96.5 cm³/mol. The first-order chi connectivity index (χ1) is 12.5. The van der Waals surface area contributed by atoms with Crippen molar-refractivity contribution in [3.63, 3.8) is 0 Å². The highest BCUT2D eigenvalue weighted by atomic mass is 19.1. The molecular weight excluding hydrogens is 335 g/mol. The number of rotatable bonds is 6. The molecule has 1 fully saturated rings. The minimum Gasteiger partial charge on any atom is -0.492 e. The number of halogens is 1. The minimum absolute atomic E-state index is 0.132. The molecule has 1 aliphatic heterocycles. The number of anilines is 1. The van der Waals surface area contributed by atoms with E-state index in [1.807, 2.05) is 31.2 Å². The third-order valence-electron chi connectivity index (χ3n) is 4.29. The Balaban J connectivity index is 1.46. The van der Waals surface area contributed by atoms with Gasteiger partial charge in [0, 0.05) is 18.7 Å². The lowest BCUT2D eigenvalue weighted by Crippen LogP contribution is -2.35. The molecule has 1 N–H and O–H groups in total. The van der Waals surface area contributed by atoms with Crippen LogP contribution in [0.15, 0.2) is 48.5 Å². The normalized spacial score (nSPS) is 16.6. The third kappa shape index (κ3) is 4.39. The molecule has 1 saturated heterocycles. The van der Waals surface area contributed by atoms with E-state index in [0.717, 1.165) is 11.3 Å². The maximum atomic E-state index is 13.0. The number of nitrogens with zero attached hydrogens (tertiary/aromatic N) is 1. The molecule has 0 aromatic heterocycles. The molecular formula is C20H21FN2O3. The van der Waals surface area contributed by atoms with Gasteiger partial charge in [-0.15, -0.1) is 0 Å². The lowest BCUT2D eigenvalue weighted by atomic mass is 10.1. The number of nitrogens with one attached hydrogen (secondary N) is 1. The Morgan fingerprint density at radius 2 is 2.04 bits per heavy atom. The van der Waals surface area contributed by atoms with Gasteiger partial charge >= 0.3 is 0 Å². The van der Waals surface area contributed by atoms with Gasteiger partial charge in [-0.1, -0.05) is 12.1 Å². The van der Waals surface area contributed by atoms with Gasteiger partial charge in [-0.3, -0.25) is 9.59 Å². The summed E-state index contributed by atoms with van der Waals surface area (Å²) in [5, 5.41) is 2.81. The van der Waals surface area contributed by atoms with Crippen LogP contribution in [-0.4, -0.2) is 31.5 Å². The largest absolute Gasteiger partial charge is 0.492 e. The fraction of sp³-hybridized carbons (Fsp3) is 0.300. The van der Waals surface area contributed by atoms with Crippen molar-refractivity contribution in [3.8, 4) is 5.75 Å². The molecule has 1 aliphatic rings. The number of amides is 2. The number of hydrogen-bond donors (Lipinski definition) is 1. The second kappa shape index (κ2) is 7.99. The maximum Gasteiger partial charge on any atom is 0.227 e. The summed E-state index contributed by atoms with van der Waals surface area (Å²) >= 11 is 0. The van der Waals surface area contributed by atoms with Crippen molar-refractivity contribution >= 4 is 17.5 Å². The molecule has 5 nitrogen and oxygen atoms in total. The molecule has 2 amide bonds. The summed E-state index contributed by atoms with van der Waals surface area (Å²) in [5.74, 6) is -0.309. The average molecular weight is 356 g/mol. The fourth-order valence-corrected chi connectivity index (χ4v) is 2.95. The van der Waals surface area contributed by atoms with Crippen LogP contribution in [0.1, 0.15) is 12.0 Å².